The van der Waals surface area contributed by atoms with Crippen molar-refractivity contribution < 1.29 is 0 Å². The Hall–Kier alpha value is -1.06. The first-order valence-corrected chi connectivity index (χ1v) is 6.28. The van der Waals surface area contributed by atoms with E-state index in [4.69, 9.17) is 0 Å². The molecule has 2 nitrogen and oxygen atoms in total. The molecule has 2 aromatic rings. The number of hydrogen-bond acceptors (Lipinski definition) is 1. The van der Waals surface area contributed by atoms with Crippen LogP contribution in [-0.4, -0.2) is 11.1 Å². The molecular weight excluding hydrogens is 264 g/mol. The van der Waals surface area contributed by atoms with E-state index in [0.717, 1.165) is 17.6 Å². The Morgan fingerprint density at radius 2 is 2.00 bits per heavy atom. The Bertz CT molecular complexity index is 487. The zero-order valence-electron chi connectivity index (χ0n) is 8.86. The molecule has 3 rings (SSSR count). The Kier molecular flexibility index (Phi) is 2.58. The van der Waals surface area contributed by atoms with E-state index in [1.807, 2.05) is 0 Å². The highest BCUT2D eigenvalue weighted by Crippen LogP contribution is 2.26. The second kappa shape index (κ2) is 4.07. The molecule has 1 aliphatic heterocycles. The summed E-state index contributed by atoms with van der Waals surface area (Å²) < 4.78 is 3.45. The van der Waals surface area contributed by atoms with Crippen LogP contribution < -0.4 is 5.32 Å². The summed E-state index contributed by atoms with van der Waals surface area (Å²) in [6, 6.07) is 13.2. The molecule has 1 aromatic heterocycles. The number of benzene rings is 1. The van der Waals surface area contributed by atoms with Crippen molar-refractivity contribution in [3.63, 3.8) is 0 Å². The van der Waals surface area contributed by atoms with Gasteiger partial charge in [-0.15, -0.1) is 0 Å². The van der Waals surface area contributed by atoms with Crippen molar-refractivity contribution in [3.05, 3.63) is 58.3 Å². The van der Waals surface area contributed by atoms with Gasteiger partial charge in [0.2, 0.25) is 0 Å². The highest BCUT2D eigenvalue weighted by Gasteiger charge is 2.20. The van der Waals surface area contributed by atoms with Crippen LogP contribution in [0, 0.1) is 0 Å². The van der Waals surface area contributed by atoms with Crippen LogP contribution in [0.1, 0.15) is 17.3 Å². The third-order valence-corrected chi connectivity index (χ3v) is 3.59. The number of rotatable bonds is 1. The first kappa shape index (κ1) is 10.1. The highest BCUT2D eigenvalue weighted by atomic mass is 79.9. The fourth-order valence-corrected chi connectivity index (χ4v) is 2.54. The van der Waals surface area contributed by atoms with Gasteiger partial charge in [-0.3, -0.25) is 0 Å². The molecule has 0 bridgehead atoms. The van der Waals surface area contributed by atoms with E-state index in [0.29, 0.717) is 6.04 Å². The summed E-state index contributed by atoms with van der Waals surface area (Å²) in [4.78, 5) is 0. The summed E-state index contributed by atoms with van der Waals surface area (Å²) in [7, 11) is 0. The molecule has 1 aromatic carbocycles. The average molecular weight is 277 g/mol. The summed E-state index contributed by atoms with van der Waals surface area (Å²) >= 11 is 3.47. The van der Waals surface area contributed by atoms with Crippen LogP contribution in [0.2, 0.25) is 0 Å². The van der Waals surface area contributed by atoms with E-state index in [-0.39, 0.29) is 0 Å². The molecule has 0 aliphatic carbocycles. The van der Waals surface area contributed by atoms with Gasteiger partial charge in [0.25, 0.3) is 0 Å². The monoisotopic (exact) mass is 276 g/mol. The minimum absolute atomic E-state index is 0.330. The molecule has 2 heterocycles. The predicted octanol–water partition coefficient (Wildman–Crippen LogP) is 2.94. The van der Waals surface area contributed by atoms with Crippen molar-refractivity contribution in [2.45, 2.75) is 12.6 Å². The van der Waals surface area contributed by atoms with Crippen molar-refractivity contribution >= 4 is 15.9 Å². The Labute approximate surface area is 103 Å². The van der Waals surface area contributed by atoms with Crippen LogP contribution >= 0.6 is 15.9 Å². The maximum atomic E-state index is 3.56. The van der Waals surface area contributed by atoms with Gasteiger partial charge in [-0.2, -0.15) is 0 Å². The summed E-state index contributed by atoms with van der Waals surface area (Å²) in [6.45, 7) is 2.10. The Balaban J connectivity index is 2.00. The molecule has 1 aliphatic rings. The molecule has 0 fully saturated rings. The molecule has 0 amide bonds. The smallest absolute Gasteiger partial charge is 0.0731 e. The van der Waals surface area contributed by atoms with Crippen molar-refractivity contribution in [2.24, 2.45) is 0 Å². The fourth-order valence-electron chi connectivity index (χ4n) is 2.27. The van der Waals surface area contributed by atoms with Crippen LogP contribution in [0.5, 0.6) is 0 Å². The van der Waals surface area contributed by atoms with Crippen LogP contribution in [0.4, 0.5) is 0 Å². The standard InChI is InChI=1S/C13H13BrN2/c14-11-5-3-10(4-6-11)13-12-2-1-8-16(12)9-7-15-13/h1-6,8,13,15H,7,9H2/t13-/m0/s1. The third-order valence-electron chi connectivity index (χ3n) is 3.06. The van der Waals surface area contributed by atoms with E-state index < -0.39 is 0 Å². The minimum atomic E-state index is 0.330. The fraction of sp³-hybridized carbons (Fsp3) is 0.231. The zero-order chi connectivity index (χ0) is 11.0. The molecule has 1 atom stereocenters. The second-order valence-electron chi connectivity index (χ2n) is 4.07. The van der Waals surface area contributed by atoms with Gasteiger partial charge >= 0.3 is 0 Å². The van der Waals surface area contributed by atoms with E-state index in [9.17, 15) is 0 Å². The normalized spacial score (nSPS) is 19.4. The predicted molar refractivity (Wildman–Crippen MR) is 68.4 cm³/mol. The lowest BCUT2D eigenvalue weighted by Gasteiger charge is -2.26. The number of aromatic nitrogens is 1. The molecule has 0 saturated carbocycles. The first-order valence-electron chi connectivity index (χ1n) is 5.48. The quantitative estimate of drug-likeness (QED) is 0.848. The van der Waals surface area contributed by atoms with Gasteiger partial charge in [-0.05, 0) is 29.8 Å². The largest absolute Gasteiger partial charge is 0.348 e. The van der Waals surface area contributed by atoms with E-state index in [1.54, 1.807) is 0 Å². The summed E-state index contributed by atoms with van der Waals surface area (Å²) in [6.07, 6.45) is 2.15. The van der Waals surface area contributed by atoms with Crippen LogP contribution in [0.25, 0.3) is 0 Å². The second-order valence-corrected chi connectivity index (χ2v) is 4.98. The summed E-state index contributed by atoms with van der Waals surface area (Å²) in [5, 5.41) is 3.56. The van der Waals surface area contributed by atoms with Crippen molar-refractivity contribution in [1.29, 1.82) is 0 Å². The van der Waals surface area contributed by atoms with Crippen LogP contribution in [0.15, 0.2) is 47.1 Å². The lowest BCUT2D eigenvalue weighted by molar-refractivity contribution is 0.467. The van der Waals surface area contributed by atoms with Gasteiger partial charge in [0.05, 0.1) is 6.04 Å². The maximum Gasteiger partial charge on any atom is 0.0731 e. The van der Waals surface area contributed by atoms with Crippen molar-refractivity contribution in [2.75, 3.05) is 6.54 Å². The van der Waals surface area contributed by atoms with E-state index in [1.165, 1.54) is 11.3 Å². The molecule has 0 spiro atoms. The Morgan fingerprint density at radius 1 is 1.19 bits per heavy atom. The van der Waals surface area contributed by atoms with Gasteiger partial charge in [0.15, 0.2) is 0 Å². The molecule has 0 unspecified atom stereocenters. The molecule has 82 valence electrons. The molecule has 0 saturated heterocycles. The molecule has 0 radical (unpaired) electrons. The molecular formula is C13H13BrN2. The molecule has 1 N–H and O–H groups in total. The van der Waals surface area contributed by atoms with Gasteiger partial charge in [-0.25, -0.2) is 0 Å². The van der Waals surface area contributed by atoms with Crippen LogP contribution in [-0.2, 0) is 6.54 Å². The lowest BCUT2D eigenvalue weighted by Crippen LogP contribution is -2.33. The van der Waals surface area contributed by atoms with Crippen molar-refractivity contribution in [3.8, 4) is 0 Å². The number of fused-ring (bicyclic) bond motifs is 1. The average Bonchev–Trinajstić information content (AvgIpc) is 2.78. The topological polar surface area (TPSA) is 17.0 Å². The summed E-state index contributed by atoms with van der Waals surface area (Å²) in [5.74, 6) is 0. The third kappa shape index (κ3) is 1.70. The van der Waals surface area contributed by atoms with Gasteiger partial charge in [-0.1, -0.05) is 28.1 Å². The van der Waals surface area contributed by atoms with Crippen LogP contribution in [0.3, 0.4) is 0 Å². The van der Waals surface area contributed by atoms with Gasteiger partial charge in [0, 0.05) is 29.5 Å². The van der Waals surface area contributed by atoms with Gasteiger partial charge in [0.1, 0.15) is 0 Å². The van der Waals surface area contributed by atoms with Gasteiger partial charge < -0.3 is 9.88 Å². The molecule has 16 heavy (non-hydrogen) atoms. The van der Waals surface area contributed by atoms with Crippen molar-refractivity contribution in [1.82, 2.24) is 9.88 Å². The zero-order valence-corrected chi connectivity index (χ0v) is 10.4. The van der Waals surface area contributed by atoms with E-state index in [2.05, 4.69) is 68.4 Å². The number of halogens is 1. The summed E-state index contributed by atoms with van der Waals surface area (Å²) in [5.41, 5.74) is 2.68. The minimum Gasteiger partial charge on any atom is -0.348 e. The molecule has 3 heteroatoms. The number of nitrogens with zero attached hydrogens (tertiary/aromatic N) is 1. The first-order chi connectivity index (χ1) is 7.84. The lowest BCUT2D eigenvalue weighted by atomic mass is 10.0. The maximum absolute atomic E-state index is 3.56. The highest BCUT2D eigenvalue weighted by molar-refractivity contribution is 9.10. The number of nitrogens with one attached hydrogen (secondary N) is 1. The number of hydrogen-bond donors (Lipinski definition) is 1. The Morgan fingerprint density at radius 3 is 2.81 bits per heavy atom. The van der Waals surface area contributed by atoms with E-state index >= 15 is 0 Å². The SMILES string of the molecule is Brc1ccc([C@@H]2NCCn3cccc32)cc1.